The van der Waals surface area contributed by atoms with Crippen LogP contribution in [0.4, 0.5) is 18.9 Å². The number of alkyl halides is 3. The van der Waals surface area contributed by atoms with Crippen molar-refractivity contribution in [3.8, 4) is 11.1 Å². The lowest BCUT2D eigenvalue weighted by Gasteiger charge is -2.14. The van der Waals surface area contributed by atoms with Gasteiger partial charge >= 0.3 is 12.1 Å². The van der Waals surface area contributed by atoms with Gasteiger partial charge < -0.3 is 5.11 Å². The molecule has 0 aliphatic carbocycles. The number of anilines is 1. The van der Waals surface area contributed by atoms with Crippen LogP contribution in [-0.4, -0.2) is 19.5 Å². The highest BCUT2D eigenvalue weighted by atomic mass is 79.9. The Bertz CT molecular complexity index is 1210. The number of hydrogen-bond donors (Lipinski definition) is 2. The maximum Gasteiger partial charge on any atom is 0.416 e. The number of carbonyl (C=O) groups is 1. The van der Waals surface area contributed by atoms with E-state index < -0.39 is 32.6 Å². The Morgan fingerprint density at radius 2 is 1.60 bits per heavy atom. The van der Waals surface area contributed by atoms with E-state index in [-0.39, 0.29) is 15.7 Å². The molecular formula is C20H13BrF3NO4S. The monoisotopic (exact) mass is 499 g/mol. The van der Waals surface area contributed by atoms with Crippen molar-refractivity contribution in [2.75, 3.05) is 4.72 Å². The molecule has 0 heterocycles. The number of carboxylic acid groups (broad SMARTS) is 1. The maximum absolute atomic E-state index is 13.1. The molecule has 0 bridgehead atoms. The van der Waals surface area contributed by atoms with Crippen LogP contribution in [0.3, 0.4) is 0 Å². The summed E-state index contributed by atoms with van der Waals surface area (Å²) in [7, 11) is -4.52. The quantitative estimate of drug-likeness (QED) is 0.476. The van der Waals surface area contributed by atoms with Crippen molar-refractivity contribution in [2.45, 2.75) is 11.1 Å². The molecule has 30 heavy (non-hydrogen) atoms. The van der Waals surface area contributed by atoms with Crippen LogP contribution in [0, 0.1) is 0 Å². The number of sulfonamides is 1. The van der Waals surface area contributed by atoms with Gasteiger partial charge in [-0.3, -0.25) is 4.72 Å². The van der Waals surface area contributed by atoms with Gasteiger partial charge in [-0.05, 0) is 41.5 Å². The first-order valence-electron chi connectivity index (χ1n) is 8.31. The highest BCUT2D eigenvalue weighted by Gasteiger charge is 2.32. The zero-order valence-electron chi connectivity index (χ0n) is 14.9. The van der Waals surface area contributed by atoms with E-state index in [9.17, 15) is 31.5 Å². The molecule has 3 aromatic rings. The van der Waals surface area contributed by atoms with Gasteiger partial charge in [0.15, 0.2) is 0 Å². The second-order valence-corrected chi connectivity index (χ2v) is 8.81. The SMILES string of the molecule is O=C(O)c1ccc(-c2ccccc2)cc1NS(=O)(=O)c1cc(Br)cc(C(F)(F)F)c1. The standard InChI is InChI=1S/C20H13BrF3NO4S/c21-15-9-14(20(22,23)24)10-16(11-15)30(28,29)25-18-8-13(6-7-17(18)19(26)27)12-4-2-1-3-5-12/h1-11,25H,(H,26,27). The summed E-state index contributed by atoms with van der Waals surface area (Å²) in [5.41, 5.74) is -0.532. The average molecular weight is 500 g/mol. The number of carboxylic acids is 1. The fourth-order valence-corrected chi connectivity index (χ4v) is 4.50. The predicted molar refractivity (Wildman–Crippen MR) is 109 cm³/mol. The van der Waals surface area contributed by atoms with Gasteiger partial charge in [0.2, 0.25) is 0 Å². The number of halogens is 4. The van der Waals surface area contributed by atoms with Crippen molar-refractivity contribution < 1.29 is 31.5 Å². The number of hydrogen-bond acceptors (Lipinski definition) is 3. The molecule has 0 atom stereocenters. The molecule has 5 nitrogen and oxygen atoms in total. The Kier molecular flexibility index (Phi) is 5.91. The van der Waals surface area contributed by atoms with Crippen molar-refractivity contribution in [3.63, 3.8) is 0 Å². The van der Waals surface area contributed by atoms with Crippen LogP contribution in [0.15, 0.2) is 76.1 Å². The van der Waals surface area contributed by atoms with E-state index in [1.54, 1.807) is 30.3 Å². The van der Waals surface area contributed by atoms with Crippen LogP contribution in [0.1, 0.15) is 15.9 Å². The molecule has 2 N–H and O–H groups in total. The zero-order valence-corrected chi connectivity index (χ0v) is 17.3. The van der Waals surface area contributed by atoms with E-state index in [0.717, 1.165) is 12.1 Å². The fraction of sp³-hybridized carbons (Fsp3) is 0.0500. The average Bonchev–Trinajstić information content (AvgIpc) is 2.67. The third kappa shape index (κ3) is 4.82. The first-order chi connectivity index (χ1) is 14.0. The summed E-state index contributed by atoms with van der Waals surface area (Å²) in [5, 5.41) is 9.40. The van der Waals surface area contributed by atoms with Gasteiger partial charge in [-0.15, -0.1) is 0 Å². The molecule has 0 radical (unpaired) electrons. The summed E-state index contributed by atoms with van der Waals surface area (Å²) in [5.74, 6) is -1.39. The molecular weight excluding hydrogens is 487 g/mol. The van der Waals surface area contributed by atoms with Gasteiger partial charge in [0.05, 0.1) is 21.7 Å². The predicted octanol–water partition coefficient (Wildman–Crippen LogP) is 5.63. The lowest BCUT2D eigenvalue weighted by Crippen LogP contribution is -2.17. The third-order valence-electron chi connectivity index (χ3n) is 4.11. The second-order valence-electron chi connectivity index (χ2n) is 6.21. The van der Waals surface area contributed by atoms with Gasteiger partial charge in [-0.1, -0.05) is 52.3 Å². The van der Waals surface area contributed by atoms with Gasteiger partial charge in [-0.25, -0.2) is 13.2 Å². The highest BCUT2D eigenvalue weighted by Crippen LogP contribution is 2.34. The molecule has 0 aliphatic rings. The van der Waals surface area contributed by atoms with Crippen molar-refractivity contribution in [3.05, 3.63) is 82.3 Å². The molecule has 156 valence electrons. The first-order valence-corrected chi connectivity index (χ1v) is 10.6. The van der Waals surface area contributed by atoms with E-state index in [1.807, 2.05) is 0 Å². The van der Waals surface area contributed by atoms with Gasteiger partial charge in [0, 0.05) is 4.47 Å². The fourth-order valence-electron chi connectivity index (χ4n) is 2.71. The summed E-state index contributed by atoms with van der Waals surface area (Å²) >= 11 is 2.88. The molecule has 0 amide bonds. The molecule has 0 unspecified atom stereocenters. The Morgan fingerprint density at radius 3 is 2.20 bits per heavy atom. The van der Waals surface area contributed by atoms with Crippen LogP contribution in [0.5, 0.6) is 0 Å². The normalized spacial score (nSPS) is 11.9. The molecule has 0 saturated carbocycles. The Labute approximate surface area is 178 Å². The third-order valence-corrected chi connectivity index (χ3v) is 5.91. The summed E-state index contributed by atoms with van der Waals surface area (Å²) in [6.07, 6.45) is -4.76. The number of nitrogens with one attached hydrogen (secondary N) is 1. The topological polar surface area (TPSA) is 83.5 Å². The number of aromatic carboxylic acids is 1. The largest absolute Gasteiger partial charge is 0.478 e. The van der Waals surface area contributed by atoms with E-state index in [1.165, 1.54) is 18.2 Å². The molecule has 0 saturated heterocycles. The molecule has 0 spiro atoms. The number of rotatable bonds is 5. The van der Waals surface area contributed by atoms with Crippen LogP contribution >= 0.6 is 15.9 Å². The lowest BCUT2D eigenvalue weighted by atomic mass is 10.0. The highest BCUT2D eigenvalue weighted by molar-refractivity contribution is 9.10. The van der Waals surface area contributed by atoms with Crippen LogP contribution in [-0.2, 0) is 16.2 Å². The molecule has 0 aromatic heterocycles. The van der Waals surface area contributed by atoms with Crippen molar-refractivity contribution in [2.24, 2.45) is 0 Å². The van der Waals surface area contributed by atoms with E-state index in [4.69, 9.17) is 0 Å². The summed E-state index contributed by atoms with van der Waals surface area (Å²) < 4.78 is 66.7. The van der Waals surface area contributed by atoms with Gasteiger partial charge in [0.1, 0.15) is 0 Å². The van der Waals surface area contributed by atoms with Crippen LogP contribution < -0.4 is 4.72 Å². The van der Waals surface area contributed by atoms with Crippen molar-refractivity contribution >= 4 is 37.6 Å². The summed E-state index contributed by atoms with van der Waals surface area (Å²) in [6.45, 7) is 0. The van der Waals surface area contributed by atoms with Crippen molar-refractivity contribution in [1.29, 1.82) is 0 Å². The van der Waals surface area contributed by atoms with E-state index >= 15 is 0 Å². The van der Waals surface area contributed by atoms with E-state index in [2.05, 4.69) is 20.7 Å². The molecule has 3 aromatic carbocycles. The lowest BCUT2D eigenvalue weighted by molar-refractivity contribution is -0.137. The molecule has 0 fully saturated rings. The molecule has 0 aliphatic heterocycles. The summed E-state index contributed by atoms with van der Waals surface area (Å²) in [4.78, 5) is 10.9. The van der Waals surface area contributed by atoms with Crippen LogP contribution in [0.25, 0.3) is 11.1 Å². The second kappa shape index (κ2) is 8.11. The minimum Gasteiger partial charge on any atom is -0.478 e. The minimum atomic E-state index is -4.76. The Morgan fingerprint density at radius 1 is 0.933 bits per heavy atom. The van der Waals surface area contributed by atoms with Gasteiger partial charge in [-0.2, -0.15) is 13.2 Å². The minimum absolute atomic E-state index is 0.0887. The van der Waals surface area contributed by atoms with Crippen LogP contribution in [0.2, 0.25) is 0 Å². The van der Waals surface area contributed by atoms with E-state index in [0.29, 0.717) is 17.2 Å². The Hall–Kier alpha value is -2.85. The zero-order chi connectivity index (χ0) is 22.1. The maximum atomic E-state index is 13.1. The Balaban J connectivity index is 2.08. The number of benzene rings is 3. The first kappa shape index (κ1) is 21.8. The van der Waals surface area contributed by atoms with Gasteiger partial charge in [0.25, 0.3) is 10.0 Å². The molecule has 10 heteroatoms. The summed E-state index contributed by atoms with van der Waals surface area (Å²) in [6, 6.07) is 15.1. The molecule has 3 rings (SSSR count). The smallest absolute Gasteiger partial charge is 0.416 e. The van der Waals surface area contributed by atoms with Crippen molar-refractivity contribution in [1.82, 2.24) is 0 Å².